The molecule has 1 amide bonds. The Hall–Kier alpha value is -0.540. The van der Waals surface area contributed by atoms with Crippen LogP contribution in [0.1, 0.15) is 23.2 Å². The highest BCUT2D eigenvalue weighted by Gasteiger charge is 2.29. The van der Waals surface area contributed by atoms with Crippen LogP contribution in [-0.4, -0.2) is 28.7 Å². The van der Waals surface area contributed by atoms with Gasteiger partial charge in [-0.05, 0) is 25.0 Å². The lowest BCUT2D eigenvalue weighted by Gasteiger charge is -2.23. The minimum Gasteiger partial charge on any atom is -0.335 e. The molecule has 4 heteroatoms. The van der Waals surface area contributed by atoms with E-state index in [1.165, 1.54) is 0 Å². The molecule has 1 saturated heterocycles. The molecule has 1 aromatic carbocycles. The number of amides is 1. The number of benzene rings is 1. The molecule has 0 aliphatic carbocycles. The second-order valence-corrected chi connectivity index (χ2v) is 4.98. The van der Waals surface area contributed by atoms with Gasteiger partial charge in [0.15, 0.2) is 0 Å². The summed E-state index contributed by atoms with van der Waals surface area (Å²) < 4.78 is 0. The van der Waals surface area contributed by atoms with Gasteiger partial charge in [0.05, 0.1) is 10.6 Å². The molecule has 0 spiro atoms. The zero-order chi connectivity index (χ0) is 11.5. The van der Waals surface area contributed by atoms with Gasteiger partial charge >= 0.3 is 0 Å². The van der Waals surface area contributed by atoms with Crippen molar-refractivity contribution in [1.29, 1.82) is 0 Å². The molecule has 2 rings (SSSR count). The van der Waals surface area contributed by atoms with E-state index in [1.807, 2.05) is 17.0 Å². The third-order valence-corrected chi connectivity index (χ3v) is 4.00. The summed E-state index contributed by atoms with van der Waals surface area (Å²) in [6.45, 7) is 0.834. The maximum absolute atomic E-state index is 12.3. The molecular weight excluding hydrogens is 289 g/mol. The van der Waals surface area contributed by atoms with Crippen molar-refractivity contribution in [2.45, 2.75) is 18.9 Å². The van der Waals surface area contributed by atoms with Crippen molar-refractivity contribution in [3.63, 3.8) is 0 Å². The Kier molecular flexibility index (Phi) is 3.87. The molecule has 0 aromatic heterocycles. The Balaban J connectivity index is 2.22. The van der Waals surface area contributed by atoms with E-state index in [0.717, 1.165) is 24.7 Å². The lowest BCUT2D eigenvalue weighted by atomic mass is 10.2. The lowest BCUT2D eigenvalue weighted by Crippen LogP contribution is -2.36. The molecule has 0 saturated carbocycles. The van der Waals surface area contributed by atoms with Crippen LogP contribution < -0.4 is 0 Å². The van der Waals surface area contributed by atoms with E-state index < -0.39 is 0 Å². The molecule has 16 heavy (non-hydrogen) atoms. The third kappa shape index (κ3) is 2.25. The quantitative estimate of drug-likeness (QED) is 0.767. The molecule has 0 bridgehead atoms. The molecule has 1 aromatic rings. The highest BCUT2D eigenvalue weighted by molar-refractivity contribution is 9.09. The number of carbonyl (C=O) groups is 1. The first kappa shape index (κ1) is 11.9. The van der Waals surface area contributed by atoms with E-state index in [4.69, 9.17) is 11.6 Å². The predicted molar refractivity (Wildman–Crippen MR) is 69.3 cm³/mol. The summed E-state index contributed by atoms with van der Waals surface area (Å²) in [4.78, 5) is 14.2. The summed E-state index contributed by atoms with van der Waals surface area (Å²) in [6, 6.07) is 7.54. The summed E-state index contributed by atoms with van der Waals surface area (Å²) >= 11 is 9.48. The standard InChI is InChI=1S/C12H13BrClNO/c13-8-9-4-3-7-15(9)12(16)10-5-1-2-6-11(10)14/h1-2,5-6,9H,3-4,7-8H2. The summed E-state index contributed by atoms with van der Waals surface area (Å²) in [5.74, 6) is 0.0487. The molecule has 1 aliphatic rings. The first-order valence-corrected chi connectivity index (χ1v) is 6.85. The van der Waals surface area contributed by atoms with Crippen LogP contribution in [0, 0.1) is 0 Å². The summed E-state index contributed by atoms with van der Waals surface area (Å²) in [7, 11) is 0. The smallest absolute Gasteiger partial charge is 0.255 e. The van der Waals surface area contributed by atoms with E-state index >= 15 is 0 Å². The summed E-state index contributed by atoms with van der Waals surface area (Å²) in [5.41, 5.74) is 0.608. The molecule has 1 heterocycles. The maximum Gasteiger partial charge on any atom is 0.255 e. The Labute approximate surface area is 109 Å². The molecule has 1 fully saturated rings. The van der Waals surface area contributed by atoms with Gasteiger partial charge in [0.2, 0.25) is 0 Å². The Morgan fingerprint density at radius 3 is 2.94 bits per heavy atom. The molecule has 0 radical (unpaired) electrons. The highest BCUT2D eigenvalue weighted by atomic mass is 79.9. The number of halogens is 2. The van der Waals surface area contributed by atoms with Crippen LogP contribution in [0.4, 0.5) is 0 Å². The summed E-state index contributed by atoms with van der Waals surface area (Å²) in [5, 5.41) is 1.37. The Bertz CT molecular complexity index is 396. The van der Waals surface area contributed by atoms with Crippen LogP contribution in [0.2, 0.25) is 5.02 Å². The van der Waals surface area contributed by atoms with Crippen molar-refractivity contribution in [2.75, 3.05) is 11.9 Å². The molecule has 0 N–H and O–H groups in total. The van der Waals surface area contributed by atoms with Crippen molar-refractivity contribution < 1.29 is 4.79 Å². The van der Waals surface area contributed by atoms with Crippen molar-refractivity contribution in [1.82, 2.24) is 4.90 Å². The van der Waals surface area contributed by atoms with Crippen molar-refractivity contribution >= 4 is 33.4 Å². The molecule has 1 aliphatic heterocycles. The van der Waals surface area contributed by atoms with Gasteiger partial charge in [-0.25, -0.2) is 0 Å². The van der Waals surface area contributed by atoms with Crippen molar-refractivity contribution in [3.8, 4) is 0 Å². The molecule has 1 atom stereocenters. The van der Waals surface area contributed by atoms with Crippen LogP contribution in [0.5, 0.6) is 0 Å². The van der Waals surface area contributed by atoms with Gasteiger partial charge in [-0.1, -0.05) is 39.7 Å². The fraction of sp³-hybridized carbons (Fsp3) is 0.417. The second-order valence-electron chi connectivity index (χ2n) is 3.93. The maximum atomic E-state index is 12.3. The molecule has 1 unspecified atom stereocenters. The van der Waals surface area contributed by atoms with Gasteiger partial charge in [-0.15, -0.1) is 0 Å². The number of hydrogen-bond donors (Lipinski definition) is 0. The first-order chi connectivity index (χ1) is 7.74. The monoisotopic (exact) mass is 301 g/mol. The van der Waals surface area contributed by atoms with Crippen molar-refractivity contribution in [2.24, 2.45) is 0 Å². The topological polar surface area (TPSA) is 20.3 Å². The molecular formula is C12H13BrClNO. The molecule has 86 valence electrons. The number of alkyl halides is 1. The van der Waals surface area contributed by atoms with Gasteiger partial charge in [0.25, 0.3) is 5.91 Å². The minimum atomic E-state index is 0.0487. The zero-order valence-corrected chi connectivity index (χ0v) is 11.2. The third-order valence-electron chi connectivity index (χ3n) is 2.92. The first-order valence-electron chi connectivity index (χ1n) is 5.35. The Morgan fingerprint density at radius 1 is 1.50 bits per heavy atom. The van der Waals surface area contributed by atoms with Gasteiger partial charge in [-0.2, -0.15) is 0 Å². The fourth-order valence-corrected chi connectivity index (χ4v) is 2.94. The van der Waals surface area contributed by atoms with Gasteiger partial charge < -0.3 is 4.90 Å². The molecule has 2 nitrogen and oxygen atoms in total. The van der Waals surface area contributed by atoms with Crippen LogP contribution in [0.15, 0.2) is 24.3 Å². The van der Waals surface area contributed by atoms with E-state index in [1.54, 1.807) is 12.1 Å². The van der Waals surface area contributed by atoms with Crippen molar-refractivity contribution in [3.05, 3.63) is 34.9 Å². The lowest BCUT2D eigenvalue weighted by molar-refractivity contribution is 0.0750. The second kappa shape index (κ2) is 5.19. The number of likely N-dealkylation sites (tertiary alicyclic amines) is 1. The van der Waals surface area contributed by atoms with E-state index in [2.05, 4.69) is 15.9 Å². The van der Waals surface area contributed by atoms with Gasteiger partial charge in [-0.3, -0.25) is 4.79 Å². The average molecular weight is 303 g/mol. The number of nitrogens with zero attached hydrogens (tertiary/aromatic N) is 1. The number of hydrogen-bond acceptors (Lipinski definition) is 1. The van der Waals surface area contributed by atoms with E-state index in [9.17, 15) is 4.79 Å². The van der Waals surface area contributed by atoms with Gasteiger partial charge in [0.1, 0.15) is 0 Å². The fourth-order valence-electron chi connectivity index (χ4n) is 2.05. The van der Waals surface area contributed by atoms with Crippen LogP contribution in [0.3, 0.4) is 0 Å². The summed E-state index contributed by atoms with van der Waals surface area (Å²) in [6.07, 6.45) is 2.15. The highest BCUT2D eigenvalue weighted by Crippen LogP contribution is 2.24. The largest absolute Gasteiger partial charge is 0.335 e. The Morgan fingerprint density at radius 2 is 2.25 bits per heavy atom. The van der Waals surface area contributed by atoms with Gasteiger partial charge in [0, 0.05) is 17.9 Å². The van der Waals surface area contributed by atoms with Crippen LogP contribution in [0.25, 0.3) is 0 Å². The average Bonchev–Trinajstić information content (AvgIpc) is 2.77. The predicted octanol–water partition coefficient (Wildman–Crippen LogP) is 3.34. The van der Waals surface area contributed by atoms with Crippen LogP contribution >= 0.6 is 27.5 Å². The van der Waals surface area contributed by atoms with E-state index in [-0.39, 0.29) is 5.91 Å². The SMILES string of the molecule is O=C(c1ccccc1Cl)N1CCCC1CBr. The number of rotatable bonds is 2. The number of carbonyl (C=O) groups excluding carboxylic acids is 1. The van der Waals surface area contributed by atoms with Crippen LogP contribution in [-0.2, 0) is 0 Å². The normalized spacial score (nSPS) is 20.1. The minimum absolute atomic E-state index is 0.0487. The zero-order valence-electron chi connectivity index (χ0n) is 8.83. The van der Waals surface area contributed by atoms with E-state index in [0.29, 0.717) is 16.6 Å².